The molecule has 1 aromatic rings. The van der Waals surface area contributed by atoms with E-state index in [0.717, 1.165) is 5.56 Å². The minimum absolute atomic E-state index is 0.0141. The average Bonchev–Trinajstić information content (AvgIpc) is 2.60. The number of fused-ring (bicyclic) bond motifs is 1. The third-order valence-corrected chi connectivity index (χ3v) is 3.71. The van der Waals surface area contributed by atoms with E-state index < -0.39 is 5.60 Å². The predicted octanol–water partition coefficient (Wildman–Crippen LogP) is 3.59. The lowest BCUT2D eigenvalue weighted by molar-refractivity contribution is -0.0717. The van der Waals surface area contributed by atoms with Crippen molar-refractivity contribution in [3.05, 3.63) is 41.5 Å². The van der Waals surface area contributed by atoms with Gasteiger partial charge >= 0.3 is 0 Å². The maximum absolute atomic E-state index is 8.89. The summed E-state index contributed by atoms with van der Waals surface area (Å²) >= 11 is 0. The van der Waals surface area contributed by atoms with Crippen molar-refractivity contribution in [1.29, 1.82) is 0 Å². The van der Waals surface area contributed by atoms with Crippen LogP contribution in [-0.2, 0) is 4.74 Å². The number of ether oxygens (including phenoxy) is 3. The Kier molecular flexibility index (Phi) is 5.85. The van der Waals surface area contributed by atoms with Crippen molar-refractivity contribution in [3.8, 4) is 11.5 Å². The molecule has 1 heterocycles. The molecule has 1 aromatic carbocycles. The van der Waals surface area contributed by atoms with Gasteiger partial charge in [-0.1, -0.05) is 29.9 Å². The number of allylic oxidation sites excluding steroid dienone is 1. The predicted molar refractivity (Wildman–Crippen MR) is 91.9 cm³/mol. The van der Waals surface area contributed by atoms with Crippen LogP contribution in [0.5, 0.6) is 11.5 Å². The van der Waals surface area contributed by atoms with Gasteiger partial charge in [-0.25, -0.2) is 0 Å². The molecule has 0 aromatic heterocycles. The molecule has 1 N–H and O–H groups in total. The van der Waals surface area contributed by atoms with E-state index in [1.54, 1.807) is 6.08 Å². The minimum Gasteiger partial charge on any atom is -0.487 e. The van der Waals surface area contributed by atoms with Crippen molar-refractivity contribution in [1.82, 2.24) is 0 Å². The third kappa shape index (κ3) is 4.85. The molecule has 4 heteroatoms. The average molecular weight is 318 g/mol. The van der Waals surface area contributed by atoms with Gasteiger partial charge in [0.25, 0.3) is 0 Å². The number of rotatable bonds is 5. The fourth-order valence-electron chi connectivity index (χ4n) is 2.31. The van der Waals surface area contributed by atoms with Gasteiger partial charge in [0.05, 0.1) is 13.2 Å². The van der Waals surface area contributed by atoms with E-state index in [9.17, 15) is 0 Å². The molecule has 0 spiro atoms. The van der Waals surface area contributed by atoms with Crippen LogP contribution in [0.3, 0.4) is 0 Å². The number of hydrogen-bond acceptors (Lipinski definition) is 4. The topological polar surface area (TPSA) is 47.9 Å². The quantitative estimate of drug-likeness (QED) is 0.843. The summed E-state index contributed by atoms with van der Waals surface area (Å²) in [5.74, 6) is 1.41. The fourth-order valence-corrected chi connectivity index (χ4v) is 2.31. The van der Waals surface area contributed by atoms with Crippen molar-refractivity contribution in [2.75, 3.05) is 19.8 Å². The molecule has 126 valence electrons. The molecule has 1 aliphatic rings. The molecular weight excluding hydrogens is 292 g/mol. The van der Waals surface area contributed by atoms with E-state index in [1.807, 2.05) is 58.0 Å². The largest absolute Gasteiger partial charge is 0.487 e. The lowest BCUT2D eigenvalue weighted by Crippen LogP contribution is -2.45. The monoisotopic (exact) mass is 318 g/mol. The Bertz CT molecular complexity index is 583. The van der Waals surface area contributed by atoms with Gasteiger partial charge in [-0.05, 0) is 45.4 Å². The highest BCUT2D eigenvalue weighted by atomic mass is 16.6. The Morgan fingerprint density at radius 2 is 2.13 bits per heavy atom. The van der Waals surface area contributed by atoms with Gasteiger partial charge in [-0.2, -0.15) is 0 Å². The van der Waals surface area contributed by atoms with E-state index in [1.165, 1.54) is 5.57 Å². The Labute approximate surface area is 138 Å². The van der Waals surface area contributed by atoms with Gasteiger partial charge in [0.15, 0.2) is 11.5 Å². The van der Waals surface area contributed by atoms with Crippen LogP contribution >= 0.6 is 0 Å². The minimum atomic E-state index is -0.500. The fraction of sp³-hybridized carbons (Fsp3) is 0.474. The summed E-state index contributed by atoms with van der Waals surface area (Å²) in [5, 5.41) is 8.89. The molecule has 1 aliphatic heterocycles. The van der Waals surface area contributed by atoms with Crippen LogP contribution in [0, 0.1) is 0 Å². The van der Waals surface area contributed by atoms with Crippen LogP contribution in [0.15, 0.2) is 35.9 Å². The van der Waals surface area contributed by atoms with Crippen molar-refractivity contribution in [2.24, 2.45) is 0 Å². The molecule has 0 radical (unpaired) electrons. The molecule has 2 rings (SSSR count). The molecule has 0 saturated carbocycles. The molecule has 0 unspecified atom stereocenters. The molecule has 0 amide bonds. The molecule has 0 bridgehead atoms. The maximum atomic E-state index is 8.89. The van der Waals surface area contributed by atoms with Crippen LogP contribution in [0.2, 0.25) is 0 Å². The van der Waals surface area contributed by atoms with Crippen molar-refractivity contribution in [3.63, 3.8) is 0 Å². The van der Waals surface area contributed by atoms with E-state index in [0.29, 0.717) is 24.7 Å². The second-order valence-corrected chi connectivity index (χ2v) is 6.41. The van der Waals surface area contributed by atoms with Gasteiger partial charge in [0, 0.05) is 0 Å². The first-order valence-corrected chi connectivity index (χ1v) is 7.90. The Hall–Kier alpha value is -1.78. The standard InChI is InChI=1S/C19H26O4/c1-14(2)9-11-21-18-13-22-16-8-7-15(6-5-10-20)12-17(16)23-19(18,3)4/h5-9,12,18,20H,10-11,13H2,1-4H3/b6-5+/t18-/m0/s1. The maximum Gasteiger partial charge on any atom is 0.162 e. The first-order valence-electron chi connectivity index (χ1n) is 7.90. The molecule has 23 heavy (non-hydrogen) atoms. The Balaban J connectivity index is 2.16. The van der Waals surface area contributed by atoms with E-state index in [2.05, 4.69) is 0 Å². The van der Waals surface area contributed by atoms with E-state index >= 15 is 0 Å². The van der Waals surface area contributed by atoms with Crippen molar-refractivity contribution < 1.29 is 19.3 Å². The van der Waals surface area contributed by atoms with Crippen LogP contribution in [0.25, 0.3) is 6.08 Å². The van der Waals surface area contributed by atoms with Gasteiger partial charge in [0.2, 0.25) is 0 Å². The zero-order chi connectivity index (χ0) is 16.9. The summed E-state index contributed by atoms with van der Waals surface area (Å²) in [6, 6.07) is 5.74. The molecule has 1 atom stereocenters. The SMILES string of the molecule is CC(C)=CCO[C@H]1COc2ccc(/C=C/CO)cc2OC1(C)C. The lowest BCUT2D eigenvalue weighted by atomic mass is 10.0. The number of aliphatic hydroxyl groups excluding tert-OH is 1. The normalized spacial score (nSPS) is 19.4. The summed E-state index contributed by atoms with van der Waals surface area (Å²) in [7, 11) is 0. The number of aliphatic hydroxyl groups is 1. The van der Waals surface area contributed by atoms with Crippen LogP contribution in [0.4, 0.5) is 0 Å². The lowest BCUT2D eigenvalue weighted by Gasteiger charge is -2.31. The zero-order valence-corrected chi connectivity index (χ0v) is 14.3. The highest BCUT2D eigenvalue weighted by Gasteiger charge is 2.36. The molecule has 0 saturated heterocycles. The van der Waals surface area contributed by atoms with Gasteiger partial charge in [0.1, 0.15) is 18.3 Å². The Morgan fingerprint density at radius 1 is 1.35 bits per heavy atom. The summed E-state index contributed by atoms with van der Waals surface area (Å²) in [6.07, 6.45) is 5.42. The zero-order valence-electron chi connectivity index (χ0n) is 14.3. The van der Waals surface area contributed by atoms with Crippen LogP contribution < -0.4 is 9.47 Å². The van der Waals surface area contributed by atoms with Crippen molar-refractivity contribution in [2.45, 2.75) is 39.4 Å². The van der Waals surface area contributed by atoms with Crippen LogP contribution in [-0.4, -0.2) is 36.6 Å². The third-order valence-electron chi connectivity index (χ3n) is 3.71. The summed E-state index contributed by atoms with van der Waals surface area (Å²) in [5.41, 5.74) is 1.68. The first kappa shape index (κ1) is 17.6. The molecular formula is C19H26O4. The highest BCUT2D eigenvalue weighted by Crippen LogP contribution is 2.36. The van der Waals surface area contributed by atoms with Crippen LogP contribution in [0.1, 0.15) is 33.3 Å². The Morgan fingerprint density at radius 3 is 2.83 bits per heavy atom. The molecule has 0 aliphatic carbocycles. The summed E-state index contributed by atoms with van der Waals surface area (Å²) in [6.45, 7) is 9.12. The van der Waals surface area contributed by atoms with E-state index in [4.69, 9.17) is 19.3 Å². The second kappa shape index (κ2) is 7.66. The van der Waals surface area contributed by atoms with E-state index in [-0.39, 0.29) is 12.7 Å². The number of hydrogen-bond donors (Lipinski definition) is 1. The summed E-state index contributed by atoms with van der Waals surface area (Å²) < 4.78 is 18.0. The van der Waals surface area contributed by atoms with Gasteiger partial charge < -0.3 is 19.3 Å². The van der Waals surface area contributed by atoms with Gasteiger partial charge in [-0.3, -0.25) is 0 Å². The van der Waals surface area contributed by atoms with Gasteiger partial charge in [-0.15, -0.1) is 0 Å². The molecule has 4 nitrogen and oxygen atoms in total. The highest BCUT2D eigenvalue weighted by molar-refractivity contribution is 5.56. The molecule has 0 fully saturated rings. The number of benzene rings is 1. The first-order chi connectivity index (χ1) is 10.9. The smallest absolute Gasteiger partial charge is 0.162 e. The van der Waals surface area contributed by atoms with Crippen molar-refractivity contribution >= 4 is 6.08 Å². The summed E-state index contributed by atoms with van der Waals surface area (Å²) in [4.78, 5) is 0. The second-order valence-electron chi connectivity index (χ2n) is 6.41.